The third-order valence-corrected chi connectivity index (χ3v) is 6.98. The van der Waals surface area contributed by atoms with E-state index in [1.807, 2.05) is 18.2 Å². The Balaban J connectivity index is 1.23. The topological polar surface area (TPSA) is 45.3 Å². The van der Waals surface area contributed by atoms with Gasteiger partial charge in [-0.15, -0.1) is 0 Å². The maximum Gasteiger partial charge on any atom is 0.196 e. The van der Waals surface area contributed by atoms with Crippen molar-refractivity contribution in [2.75, 3.05) is 10.6 Å². The number of ether oxygens (including phenoxy) is 1. The SMILES string of the molecule is c1cc(C2Nc3ccccc3C(c3ccc4ccccc4c3)N2)cc(C2Nc3ccccc3O2)c1. The Bertz CT molecular complexity index is 1520. The van der Waals surface area contributed by atoms with Gasteiger partial charge in [0.2, 0.25) is 0 Å². The lowest BCUT2D eigenvalue weighted by molar-refractivity contribution is 0.259. The molecule has 2 heterocycles. The summed E-state index contributed by atoms with van der Waals surface area (Å²) < 4.78 is 6.17. The summed E-state index contributed by atoms with van der Waals surface area (Å²) in [6.07, 6.45) is -0.232. The van der Waals surface area contributed by atoms with E-state index in [0.29, 0.717) is 0 Å². The summed E-state index contributed by atoms with van der Waals surface area (Å²) in [7, 11) is 0. The molecule has 0 amide bonds. The van der Waals surface area contributed by atoms with Crippen molar-refractivity contribution in [3.63, 3.8) is 0 Å². The molecule has 35 heavy (non-hydrogen) atoms. The quantitative estimate of drug-likeness (QED) is 0.270. The molecule has 2 aliphatic heterocycles. The van der Waals surface area contributed by atoms with Gasteiger partial charge in [-0.3, -0.25) is 5.32 Å². The zero-order valence-electron chi connectivity index (χ0n) is 19.1. The molecule has 0 radical (unpaired) electrons. The lowest BCUT2D eigenvalue weighted by Gasteiger charge is -2.35. The Morgan fingerprint density at radius 2 is 1.31 bits per heavy atom. The molecule has 3 atom stereocenters. The smallest absolute Gasteiger partial charge is 0.196 e. The molecule has 5 aromatic carbocycles. The van der Waals surface area contributed by atoms with Crippen molar-refractivity contribution < 1.29 is 4.74 Å². The van der Waals surface area contributed by atoms with E-state index in [9.17, 15) is 0 Å². The van der Waals surface area contributed by atoms with E-state index in [2.05, 4.69) is 113 Å². The van der Waals surface area contributed by atoms with Gasteiger partial charge in [0.25, 0.3) is 0 Å². The number of anilines is 2. The molecule has 7 rings (SSSR count). The van der Waals surface area contributed by atoms with Crippen LogP contribution in [-0.4, -0.2) is 0 Å². The number of rotatable bonds is 3. The number of hydrogen-bond donors (Lipinski definition) is 3. The van der Waals surface area contributed by atoms with Crippen LogP contribution in [0.25, 0.3) is 10.8 Å². The predicted octanol–water partition coefficient (Wildman–Crippen LogP) is 7.15. The fraction of sp³-hybridized carbons (Fsp3) is 0.0968. The highest BCUT2D eigenvalue weighted by atomic mass is 16.5. The van der Waals surface area contributed by atoms with Crippen molar-refractivity contribution in [1.29, 1.82) is 0 Å². The van der Waals surface area contributed by atoms with Crippen LogP contribution in [-0.2, 0) is 0 Å². The molecule has 4 heteroatoms. The summed E-state index contributed by atoms with van der Waals surface area (Å²) in [6.45, 7) is 0. The molecule has 170 valence electrons. The van der Waals surface area contributed by atoms with Crippen molar-refractivity contribution >= 4 is 22.1 Å². The third kappa shape index (κ3) is 3.59. The second kappa shape index (κ2) is 8.19. The third-order valence-electron chi connectivity index (χ3n) is 6.98. The van der Waals surface area contributed by atoms with Gasteiger partial charge in [-0.05, 0) is 57.8 Å². The average molecular weight is 456 g/mol. The van der Waals surface area contributed by atoms with Crippen LogP contribution in [0.5, 0.6) is 5.75 Å². The van der Waals surface area contributed by atoms with E-state index in [4.69, 9.17) is 4.74 Å². The highest BCUT2D eigenvalue weighted by Crippen LogP contribution is 2.40. The van der Waals surface area contributed by atoms with Gasteiger partial charge in [-0.1, -0.05) is 84.9 Å². The summed E-state index contributed by atoms with van der Waals surface area (Å²) in [5.74, 6) is 0.891. The molecule has 3 N–H and O–H groups in total. The summed E-state index contributed by atoms with van der Waals surface area (Å²) in [6, 6.07) is 40.6. The molecule has 0 aliphatic carbocycles. The Morgan fingerprint density at radius 1 is 0.543 bits per heavy atom. The minimum absolute atomic E-state index is 0.0369. The molecule has 0 spiro atoms. The molecule has 0 aromatic heterocycles. The molecule has 0 bridgehead atoms. The summed E-state index contributed by atoms with van der Waals surface area (Å²) in [4.78, 5) is 0. The summed E-state index contributed by atoms with van der Waals surface area (Å²) >= 11 is 0. The van der Waals surface area contributed by atoms with Crippen LogP contribution in [0.3, 0.4) is 0 Å². The molecular weight excluding hydrogens is 430 g/mol. The van der Waals surface area contributed by atoms with E-state index >= 15 is 0 Å². The van der Waals surface area contributed by atoms with Crippen molar-refractivity contribution in [2.45, 2.75) is 18.4 Å². The first kappa shape index (κ1) is 20.1. The highest BCUT2D eigenvalue weighted by molar-refractivity contribution is 5.83. The fourth-order valence-electron chi connectivity index (χ4n) is 5.22. The van der Waals surface area contributed by atoms with Crippen LogP contribution in [0.2, 0.25) is 0 Å². The van der Waals surface area contributed by atoms with Crippen molar-refractivity contribution in [1.82, 2.24) is 5.32 Å². The average Bonchev–Trinajstić information content (AvgIpc) is 3.37. The van der Waals surface area contributed by atoms with Crippen LogP contribution < -0.4 is 20.7 Å². The number of benzene rings is 5. The van der Waals surface area contributed by atoms with Crippen molar-refractivity contribution in [3.8, 4) is 5.75 Å². The normalized spacial score (nSPS) is 20.3. The number of fused-ring (bicyclic) bond motifs is 3. The molecule has 2 aliphatic rings. The van der Waals surface area contributed by atoms with Gasteiger partial charge in [-0.2, -0.15) is 0 Å². The Kier molecular flexibility index (Phi) is 4.71. The van der Waals surface area contributed by atoms with Gasteiger partial charge < -0.3 is 15.4 Å². The lowest BCUT2D eigenvalue weighted by atomic mass is 9.92. The predicted molar refractivity (Wildman–Crippen MR) is 142 cm³/mol. The molecular formula is C31H25N3O. The molecule has 0 saturated heterocycles. The minimum atomic E-state index is -0.195. The Morgan fingerprint density at radius 3 is 2.23 bits per heavy atom. The van der Waals surface area contributed by atoms with E-state index in [0.717, 1.165) is 22.7 Å². The van der Waals surface area contributed by atoms with Crippen molar-refractivity contribution in [3.05, 3.63) is 138 Å². The van der Waals surface area contributed by atoms with Gasteiger partial charge >= 0.3 is 0 Å². The second-order valence-corrected chi connectivity index (χ2v) is 9.18. The first-order chi connectivity index (χ1) is 17.3. The molecule has 4 nitrogen and oxygen atoms in total. The van der Waals surface area contributed by atoms with E-state index in [1.165, 1.54) is 27.5 Å². The molecule has 0 saturated carbocycles. The monoisotopic (exact) mass is 455 g/mol. The summed E-state index contributed by atoms with van der Waals surface area (Å²) in [5, 5.41) is 13.6. The Hall–Kier alpha value is -4.28. The maximum absolute atomic E-state index is 6.17. The zero-order chi connectivity index (χ0) is 23.2. The van der Waals surface area contributed by atoms with E-state index < -0.39 is 0 Å². The van der Waals surface area contributed by atoms with Gasteiger partial charge in [0.05, 0.1) is 11.7 Å². The van der Waals surface area contributed by atoms with Crippen LogP contribution in [0.1, 0.15) is 40.7 Å². The van der Waals surface area contributed by atoms with Crippen LogP contribution in [0, 0.1) is 0 Å². The minimum Gasteiger partial charge on any atom is -0.464 e. The highest BCUT2D eigenvalue weighted by Gasteiger charge is 2.29. The standard InChI is InChI=1S/C31H25N3O/c1-2-9-21-18-22(17-16-20(21)8-1)29-25-12-3-4-13-26(25)32-30(34-29)23-10-7-11-24(19-23)31-33-27-14-5-6-15-28(27)35-31/h1-19,29-34H. The molecule has 5 aromatic rings. The lowest BCUT2D eigenvalue weighted by Crippen LogP contribution is -2.37. The first-order valence-corrected chi connectivity index (χ1v) is 12.0. The largest absolute Gasteiger partial charge is 0.464 e. The first-order valence-electron chi connectivity index (χ1n) is 12.0. The van der Waals surface area contributed by atoms with Crippen LogP contribution in [0.15, 0.2) is 115 Å². The fourth-order valence-corrected chi connectivity index (χ4v) is 5.22. The number of nitrogens with one attached hydrogen (secondary N) is 3. The second-order valence-electron chi connectivity index (χ2n) is 9.18. The van der Waals surface area contributed by atoms with Gasteiger partial charge in [-0.25, -0.2) is 0 Å². The van der Waals surface area contributed by atoms with E-state index in [1.54, 1.807) is 0 Å². The van der Waals surface area contributed by atoms with Gasteiger partial charge in [0.1, 0.15) is 11.9 Å². The van der Waals surface area contributed by atoms with Gasteiger partial charge in [0, 0.05) is 11.3 Å². The zero-order valence-corrected chi connectivity index (χ0v) is 19.1. The van der Waals surface area contributed by atoms with E-state index in [-0.39, 0.29) is 18.4 Å². The number of para-hydroxylation sites is 3. The van der Waals surface area contributed by atoms with Crippen LogP contribution >= 0.6 is 0 Å². The summed E-state index contributed by atoms with van der Waals surface area (Å²) in [5.41, 5.74) is 6.97. The van der Waals surface area contributed by atoms with Crippen LogP contribution in [0.4, 0.5) is 11.4 Å². The van der Waals surface area contributed by atoms with Gasteiger partial charge in [0.15, 0.2) is 6.23 Å². The van der Waals surface area contributed by atoms with Crippen molar-refractivity contribution in [2.24, 2.45) is 0 Å². The molecule has 0 fully saturated rings. The number of hydrogen-bond acceptors (Lipinski definition) is 4. The Labute approximate surface area is 204 Å². The maximum atomic E-state index is 6.17. The molecule has 3 unspecified atom stereocenters.